The average molecular weight is 230 g/mol. The molecule has 0 amide bonds. The standard InChI is InChI=1S/C15H22N2/c1-11-5-2-8-13(16)15(11)17-10-4-7-12-6-3-9-14(12)17/h2,5,8,12,14H,3-4,6-7,9-10,16H2,1H3. The molecule has 2 unspecified atom stereocenters. The number of nitrogens with zero attached hydrogens (tertiary/aromatic N) is 1. The molecule has 0 aromatic heterocycles. The third-order valence-electron chi connectivity index (χ3n) is 4.55. The van der Waals surface area contributed by atoms with Gasteiger partial charge in [0.15, 0.2) is 0 Å². The van der Waals surface area contributed by atoms with E-state index in [0.29, 0.717) is 0 Å². The number of benzene rings is 1. The molecule has 1 aliphatic carbocycles. The molecule has 17 heavy (non-hydrogen) atoms. The first-order valence-electron chi connectivity index (χ1n) is 6.89. The molecule has 0 radical (unpaired) electrons. The minimum absolute atomic E-state index is 0.757. The Balaban J connectivity index is 1.97. The molecule has 1 saturated carbocycles. The highest BCUT2D eigenvalue weighted by Gasteiger charge is 2.35. The van der Waals surface area contributed by atoms with Crippen LogP contribution in [0.4, 0.5) is 11.4 Å². The first-order valence-corrected chi connectivity index (χ1v) is 6.89. The zero-order valence-corrected chi connectivity index (χ0v) is 10.7. The van der Waals surface area contributed by atoms with Gasteiger partial charge in [-0.25, -0.2) is 0 Å². The predicted molar refractivity (Wildman–Crippen MR) is 73.3 cm³/mol. The molecule has 2 nitrogen and oxygen atoms in total. The van der Waals surface area contributed by atoms with E-state index in [1.165, 1.54) is 49.9 Å². The first kappa shape index (κ1) is 10.9. The van der Waals surface area contributed by atoms with Gasteiger partial charge in [-0.1, -0.05) is 18.6 Å². The van der Waals surface area contributed by atoms with Crippen molar-refractivity contribution in [3.05, 3.63) is 23.8 Å². The second kappa shape index (κ2) is 4.25. The van der Waals surface area contributed by atoms with Crippen molar-refractivity contribution in [1.82, 2.24) is 0 Å². The quantitative estimate of drug-likeness (QED) is 0.750. The van der Waals surface area contributed by atoms with E-state index in [0.717, 1.165) is 17.6 Å². The molecule has 2 fully saturated rings. The summed E-state index contributed by atoms with van der Waals surface area (Å²) in [6.07, 6.45) is 6.94. The van der Waals surface area contributed by atoms with Gasteiger partial charge in [0.05, 0.1) is 11.4 Å². The smallest absolute Gasteiger partial charge is 0.0632 e. The second-order valence-electron chi connectivity index (χ2n) is 5.61. The molecule has 2 N–H and O–H groups in total. The zero-order chi connectivity index (χ0) is 11.8. The summed E-state index contributed by atoms with van der Waals surface area (Å²) in [7, 11) is 0. The van der Waals surface area contributed by atoms with Gasteiger partial charge in [-0.2, -0.15) is 0 Å². The summed E-state index contributed by atoms with van der Waals surface area (Å²) in [5, 5.41) is 0. The van der Waals surface area contributed by atoms with E-state index < -0.39 is 0 Å². The van der Waals surface area contributed by atoms with Gasteiger partial charge < -0.3 is 10.6 Å². The third-order valence-corrected chi connectivity index (χ3v) is 4.55. The molecule has 1 aromatic rings. The van der Waals surface area contributed by atoms with Gasteiger partial charge in [0.25, 0.3) is 0 Å². The van der Waals surface area contributed by atoms with Crippen LogP contribution in [0.2, 0.25) is 0 Å². The van der Waals surface area contributed by atoms with Gasteiger partial charge in [0, 0.05) is 12.6 Å². The van der Waals surface area contributed by atoms with Crippen LogP contribution in [0.15, 0.2) is 18.2 Å². The Labute approximate surface area is 104 Å². The van der Waals surface area contributed by atoms with Crippen molar-refractivity contribution in [1.29, 1.82) is 0 Å². The summed E-state index contributed by atoms with van der Waals surface area (Å²) < 4.78 is 0. The molecule has 2 atom stereocenters. The number of aryl methyl sites for hydroxylation is 1. The largest absolute Gasteiger partial charge is 0.397 e. The summed E-state index contributed by atoms with van der Waals surface area (Å²) in [4.78, 5) is 2.60. The number of nitrogen functional groups attached to an aromatic ring is 1. The molecular formula is C15H22N2. The number of piperidine rings is 1. The van der Waals surface area contributed by atoms with Crippen molar-refractivity contribution < 1.29 is 0 Å². The molecule has 1 aliphatic heterocycles. The van der Waals surface area contributed by atoms with E-state index in [-0.39, 0.29) is 0 Å². The van der Waals surface area contributed by atoms with E-state index in [4.69, 9.17) is 5.73 Å². The minimum Gasteiger partial charge on any atom is -0.397 e. The first-order chi connectivity index (χ1) is 8.27. The van der Waals surface area contributed by atoms with E-state index in [9.17, 15) is 0 Å². The van der Waals surface area contributed by atoms with Crippen LogP contribution < -0.4 is 10.6 Å². The number of nitrogens with two attached hydrogens (primary N) is 1. The molecular weight excluding hydrogens is 208 g/mol. The number of para-hydroxylation sites is 1. The Morgan fingerprint density at radius 2 is 2.00 bits per heavy atom. The fourth-order valence-corrected chi connectivity index (χ4v) is 3.81. The average Bonchev–Trinajstić information content (AvgIpc) is 2.77. The van der Waals surface area contributed by atoms with Gasteiger partial charge >= 0.3 is 0 Å². The summed E-state index contributed by atoms with van der Waals surface area (Å²) in [6, 6.07) is 7.04. The van der Waals surface area contributed by atoms with Crippen LogP contribution in [0, 0.1) is 12.8 Å². The lowest BCUT2D eigenvalue weighted by molar-refractivity contribution is 0.362. The van der Waals surface area contributed by atoms with E-state index >= 15 is 0 Å². The molecule has 1 aromatic carbocycles. The number of rotatable bonds is 1. The maximum absolute atomic E-state index is 6.19. The van der Waals surface area contributed by atoms with Gasteiger partial charge in [-0.3, -0.25) is 0 Å². The molecule has 0 bridgehead atoms. The Kier molecular flexibility index (Phi) is 2.73. The van der Waals surface area contributed by atoms with Crippen LogP contribution in [-0.4, -0.2) is 12.6 Å². The van der Waals surface area contributed by atoms with Crippen molar-refractivity contribution in [3.8, 4) is 0 Å². The zero-order valence-electron chi connectivity index (χ0n) is 10.7. The third kappa shape index (κ3) is 1.80. The van der Waals surface area contributed by atoms with Gasteiger partial charge in [0.1, 0.15) is 0 Å². The number of anilines is 2. The monoisotopic (exact) mass is 230 g/mol. The molecule has 3 rings (SSSR count). The Morgan fingerprint density at radius 3 is 2.82 bits per heavy atom. The molecule has 92 valence electrons. The van der Waals surface area contributed by atoms with E-state index in [1.54, 1.807) is 0 Å². The lowest BCUT2D eigenvalue weighted by atomic mass is 9.91. The predicted octanol–water partition coefficient (Wildman–Crippen LogP) is 3.35. The fraction of sp³-hybridized carbons (Fsp3) is 0.600. The van der Waals surface area contributed by atoms with Crippen LogP contribution in [0.5, 0.6) is 0 Å². The van der Waals surface area contributed by atoms with Crippen LogP contribution in [0.25, 0.3) is 0 Å². The fourth-order valence-electron chi connectivity index (χ4n) is 3.81. The van der Waals surface area contributed by atoms with Crippen molar-refractivity contribution in [2.24, 2.45) is 5.92 Å². The summed E-state index contributed by atoms with van der Waals surface area (Å²) in [5.41, 5.74) is 9.79. The van der Waals surface area contributed by atoms with Gasteiger partial charge in [-0.05, 0) is 50.2 Å². The number of hydrogen-bond acceptors (Lipinski definition) is 2. The summed E-state index contributed by atoms with van der Waals surface area (Å²) in [6.45, 7) is 3.38. The maximum Gasteiger partial charge on any atom is 0.0632 e. The summed E-state index contributed by atoms with van der Waals surface area (Å²) in [5.74, 6) is 0.919. The summed E-state index contributed by atoms with van der Waals surface area (Å²) >= 11 is 0. The number of fused-ring (bicyclic) bond motifs is 1. The lowest BCUT2D eigenvalue weighted by Gasteiger charge is -2.40. The van der Waals surface area contributed by atoms with Crippen molar-refractivity contribution in [2.45, 2.75) is 45.1 Å². The Hall–Kier alpha value is -1.18. The van der Waals surface area contributed by atoms with Crippen molar-refractivity contribution in [2.75, 3.05) is 17.2 Å². The number of hydrogen-bond donors (Lipinski definition) is 1. The molecule has 1 heterocycles. The Morgan fingerprint density at radius 1 is 1.18 bits per heavy atom. The van der Waals surface area contributed by atoms with Gasteiger partial charge in [0.2, 0.25) is 0 Å². The van der Waals surface area contributed by atoms with E-state index in [1.807, 2.05) is 6.07 Å². The normalized spacial score (nSPS) is 28.2. The SMILES string of the molecule is Cc1cccc(N)c1N1CCCC2CCCC21. The van der Waals surface area contributed by atoms with Crippen molar-refractivity contribution in [3.63, 3.8) is 0 Å². The highest BCUT2D eigenvalue weighted by atomic mass is 15.2. The van der Waals surface area contributed by atoms with E-state index in [2.05, 4.69) is 24.0 Å². The molecule has 2 aliphatic rings. The van der Waals surface area contributed by atoms with Gasteiger partial charge in [-0.15, -0.1) is 0 Å². The maximum atomic E-state index is 6.19. The highest BCUT2D eigenvalue weighted by molar-refractivity contribution is 5.72. The molecule has 0 spiro atoms. The molecule has 2 heteroatoms. The van der Waals surface area contributed by atoms with Crippen LogP contribution in [0.1, 0.15) is 37.7 Å². The molecule has 1 saturated heterocycles. The van der Waals surface area contributed by atoms with Crippen LogP contribution in [-0.2, 0) is 0 Å². The lowest BCUT2D eigenvalue weighted by Crippen LogP contribution is -2.43. The van der Waals surface area contributed by atoms with Crippen LogP contribution in [0.3, 0.4) is 0 Å². The highest BCUT2D eigenvalue weighted by Crippen LogP contribution is 2.41. The Bertz CT molecular complexity index is 393. The minimum atomic E-state index is 0.757. The van der Waals surface area contributed by atoms with Crippen molar-refractivity contribution >= 4 is 11.4 Å². The second-order valence-corrected chi connectivity index (χ2v) is 5.61. The topological polar surface area (TPSA) is 29.3 Å². The van der Waals surface area contributed by atoms with Crippen LogP contribution >= 0.6 is 0 Å².